The fraction of sp³-hybridized carbons (Fsp3) is 0.375. The molecule has 0 radical (unpaired) electrons. The summed E-state index contributed by atoms with van der Waals surface area (Å²) in [6.45, 7) is 7.99. The second kappa shape index (κ2) is 8.53. The van der Waals surface area contributed by atoms with Gasteiger partial charge in [-0.1, -0.05) is 0 Å². The van der Waals surface area contributed by atoms with Gasteiger partial charge >= 0.3 is 6.01 Å². The van der Waals surface area contributed by atoms with Crippen LogP contribution in [0.4, 0.5) is 11.5 Å². The number of benzene rings is 1. The topological polar surface area (TPSA) is 110 Å². The molecule has 4 aromatic rings. The molecule has 10 nitrogen and oxygen atoms in total. The Hall–Kier alpha value is -3.79. The standard InChI is InChI=1S/C24H28N8O2/c1-13-8-20(27-18-12-31(4)30-21(13)18)28-23(33)16-6-7-19(32-10-14(2)26-15(3)11-32)17-9-25-24(34-5)29-22(16)17/h6-9,12,14-15,26H,10-11H2,1-5H3,(H,27,28,33)/t14-,15+. The van der Waals surface area contributed by atoms with Crippen LogP contribution in [0.5, 0.6) is 6.01 Å². The SMILES string of the molecule is COc1ncc2c(N3C[C@@H](C)N[C@@H](C)C3)ccc(C(=O)Nc3cc(C)c4nn(C)cc4n3)c2n1. The number of nitrogens with zero attached hydrogens (tertiary/aromatic N) is 6. The number of carbonyl (C=O) groups is 1. The number of rotatable bonds is 4. The third-order valence-corrected chi connectivity index (χ3v) is 6.05. The molecule has 1 amide bonds. The van der Waals surface area contributed by atoms with Crippen LogP contribution in [-0.4, -0.2) is 62.9 Å². The fourth-order valence-corrected chi connectivity index (χ4v) is 4.69. The molecule has 0 spiro atoms. The summed E-state index contributed by atoms with van der Waals surface area (Å²) < 4.78 is 6.97. The minimum absolute atomic E-state index is 0.214. The first-order valence-electron chi connectivity index (χ1n) is 11.3. The minimum Gasteiger partial charge on any atom is -0.467 e. The van der Waals surface area contributed by atoms with Crippen molar-refractivity contribution in [2.24, 2.45) is 7.05 Å². The summed E-state index contributed by atoms with van der Waals surface area (Å²) in [5, 5.41) is 11.7. The van der Waals surface area contributed by atoms with Crippen LogP contribution >= 0.6 is 0 Å². The molecule has 0 saturated carbocycles. The smallest absolute Gasteiger partial charge is 0.316 e. The van der Waals surface area contributed by atoms with Gasteiger partial charge in [-0.2, -0.15) is 10.1 Å². The van der Waals surface area contributed by atoms with E-state index in [4.69, 9.17) is 4.74 Å². The van der Waals surface area contributed by atoms with E-state index in [9.17, 15) is 4.79 Å². The molecule has 1 aromatic carbocycles. The lowest BCUT2D eigenvalue weighted by Crippen LogP contribution is -2.54. The number of fused-ring (bicyclic) bond motifs is 2. The van der Waals surface area contributed by atoms with Gasteiger partial charge in [0, 0.05) is 49.5 Å². The number of ether oxygens (including phenoxy) is 1. The summed E-state index contributed by atoms with van der Waals surface area (Å²) >= 11 is 0. The van der Waals surface area contributed by atoms with E-state index >= 15 is 0 Å². The molecule has 2 atom stereocenters. The number of nitrogens with one attached hydrogen (secondary N) is 2. The molecule has 2 N–H and O–H groups in total. The van der Waals surface area contributed by atoms with E-state index in [0.717, 1.165) is 40.8 Å². The molecule has 0 aliphatic carbocycles. The number of aryl methyl sites for hydroxylation is 2. The number of hydrogen-bond donors (Lipinski definition) is 2. The van der Waals surface area contributed by atoms with Gasteiger partial charge in [0.25, 0.3) is 5.91 Å². The fourth-order valence-electron chi connectivity index (χ4n) is 4.69. The van der Waals surface area contributed by atoms with Crippen molar-refractivity contribution in [1.29, 1.82) is 0 Å². The van der Waals surface area contributed by atoms with E-state index in [2.05, 4.69) is 49.4 Å². The third kappa shape index (κ3) is 4.01. The lowest BCUT2D eigenvalue weighted by molar-refractivity contribution is 0.102. The number of carbonyl (C=O) groups excluding carboxylic acids is 1. The molecular weight excluding hydrogens is 432 g/mol. The van der Waals surface area contributed by atoms with Crippen molar-refractivity contribution in [3.05, 3.63) is 41.7 Å². The first-order valence-corrected chi connectivity index (χ1v) is 11.3. The van der Waals surface area contributed by atoms with Gasteiger partial charge in [0.15, 0.2) is 0 Å². The Kier molecular flexibility index (Phi) is 5.52. The Labute approximate surface area is 197 Å². The summed E-state index contributed by atoms with van der Waals surface area (Å²) in [5.41, 5.74) is 4.45. The first kappa shape index (κ1) is 22.0. The highest BCUT2D eigenvalue weighted by molar-refractivity contribution is 6.13. The number of methoxy groups -OCH3 is 1. The molecule has 0 unspecified atom stereocenters. The molecule has 34 heavy (non-hydrogen) atoms. The zero-order chi connectivity index (χ0) is 24.0. The summed E-state index contributed by atoms with van der Waals surface area (Å²) in [4.78, 5) is 29.1. The number of hydrogen-bond acceptors (Lipinski definition) is 8. The Morgan fingerprint density at radius 3 is 2.68 bits per heavy atom. The maximum atomic E-state index is 13.4. The van der Waals surface area contributed by atoms with Gasteiger partial charge < -0.3 is 20.3 Å². The lowest BCUT2D eigenvalue weighted by Gasteiger charge is -2.38. The molecule has 1 aliphatic rings. The van der Waals surface area contributed by atoms with Crippen molar-refractivity contribution in [3.8, 4) is 6.01 Å². The van der Waals surface area contributed by atoms with Crippen molar-refractivity contribution in [1.82, 2.24) is 30.0 Å². The predicted molar refractivity (Wildman–Crippen MR) is 132 cm³/mol. The molecule has 1 saturated heterocycles. The van der Waals surface area contributed by atoms with E-state index in [1.54, 1.807) is 10.9 Å². The minimum atomic E-state index is -0.297. The summed E-state index contributed by atoms with van der Waals surface area (Å²) in [7, 11) is 3.36. The number of aromatic nitrogens is 5. The number of pyridine rings is 1. The third-order valence-electron chi connectivity index (χ3n) is 6.05. The van der Waals surface area contributed by atoms with E-state index in [1.165, 1.54) is 7.11 Å². The van der Waals surface area contributed by atoms with Crippen LogP contribution in [0.3, 0.4) is 0 Å². The van der Waals surface area contributed by atoms with Crippen LogP contribution in [0, 0.1) is 6.92 Å². The molecule has 1 fully saturated rings. The molecule has 176 valence electrons. The van der Waals surface area contributed by atoms with Crippen molar-refractivity contribution in [2.75, 3.05) is 30.4 Å². The van der Waals surface area contributed by atoms with E-state index in [0.29, 0.717) is 29.0 Å². The maximum Gasteiger partial charge on any atom is 0.316 e. The Bertz CT molecular complexity index is 1390. The van der Waals surface area contributed by atoms with Crippen molar-refractivity contribution in [2.45, 2.75) is 32.9 Å². The summed E-state index contributed by atoms with van der Waals surface area (Å²) in [6, 6.07) is 6.51. The van der Waals surface area contributed by atoms with Gasteiger partial charge in [-0.3, -0.25) is 9.48 Å². The number of amides is 1. The van der Waals surface area contributed by atoms with Gasteiger partial charge in [0.2, 0.25) is 0 Å². The molecule has 4 heterocycles. The molecular formula is C24H28N8O2. The van der Waals surface area contributed by atoms with Gasteiger partial charge in [0.05, 0.1) is 24.4 Å². The van der Waals surface area contributed by atoms with Crippen LogP contribution < -0.4 is 20.3 Å². The van der Waals surface area contributed by atoms with Gasteiger partial charge in [-0.05, 0) is 44.5 Å². The number of piperazine rings is 1. The summed E-state index contributed by atoms with van der Waals surface area (Å²) in [6.07, 6.45) is 3.56. The quantitative estimate of drug-likeness (QED) is 0.478. The average Bonchev–Trinajstić information content (AvgIpc) is 3.18. The normalized spacial score (nSPS) is 18.4. The maximum absolute atomic E-state index is 13.4. The molecule has 0 bridgehead atoms. The second-order valence-corrected chi connectivity index (χ2v) is 8.94. The molecule has 3 aromatic heterocycles. The van der Waals surface area contributed by atoms with Crippen molar-refractivity contribution < 1.29 is 9.53 Å². The van der Waals surface area contributed by atoms with E-state index in [-0.39, 0.29) is 11.9 Å². The van der Waals surface area contributed by atoms with Crippen LogP contribution in [0.1, 0.15) is 29.8 Å². The lowest BCUT2D eigenvalue weighted by atomic mass is 10.0. The highest BCUT2D eigenvalue weighted by atomic mass is 16.5. The van der Waals surface area contributed by atoms with Crippen LogP contribution in [0.25, 0.3) is 21.9 Å². The predicted octanol–water partition coefficient (Wildman–Crippen LogP) is 2.67. The molecule has 5 rings (SSSR count). The van der Waals surface area contributed by atoms with E-state index in [1.807, 2.05) is 38.4 Å². The Morgan fingerprint density at radius 2 is 1.94 bits per heavy atom. The van der Waals surface area contributed by atoms with Gasteiger partial charge in [0.1, 0.15) is 16.9 Å². The highest BCUT2D eigenvalue weighted by Crippen LogP contribution is 2.31. The van der Waals surface area contributed by atoms with Crippen LogP contribution in [0.15, 0.2) is 30.6 Å². The first-order chi connectivity index (χ1) is 16.3. The Balaban J connectivity index is 1.54. The largest absolute Gasteiger partial charge is 0.467 e. The monoisotopic (exact) mass is 460 g/mol. The molecule has 1 aliphatic heterocycles. The van der Waals surface area contributed by atoms with Gasteiger partial charge in [-0.25, -0.2) is 9.97 Å². The summed E-state index contributed by atoms with van der Waals surface area (Å²) in [5.74, 6) is 0.167. The number of anilines is 2. The van der Waals surface area contributed by atoms with Crippen molar-refractivity contribution >= 4 is 39.3 Å². The van der Waals surface area contributed by atoms with Crippen LogP contribution in [0.2, 0.25) is 0 Å². The highest BCUT2D eigenvalue weighted by Gasteiger charge is 2.25. The zero-order valence-corrected chi connectivity index (χ0v) is 20.0. The van der Waals surface area contributed by atoms with Gasteiger partial charge in [-0.15, -0.1) is 0 Å². The second-order valence-electron chi connectivity index (χ2n) is 8.94. The zero-order valence-electron chi connectivity index (χ0n) is 20.0. The van der Waals surface area contributed by atoms with E-state index < -0.39 is 0 Å². The van der Waals surface area contributed by atoms with Crippen molar-refractivity contribution in [3.63, 3.8) is 0 Å². The Morgan fingerprint density at radius 1 is 1.18 bits per heavy atom. The molecule has 10 heteroatoms. The van der Waals surface area contributed by atoms with Crippen LogP contribution in [-0.2, 0) is 7.05 Å². The average molecular weight is 461 g/mol.